The minimum atomic E-state index is -0.961. The number of amides is 1. The fourth-order valence-electron chi connectivity index (χ4n) is 4.65. The van der Waals surface area contributed by atoms with Crippen molar-refractivity contribution in [2.75, 3.05) is 6.61 Å². The van der Waals surface area contributed by atoms with Crippen molar-refractivity contribution in [2.45, 2.75) is 40.5 Å². The number of hydrogen-bond acceptors (Lipinski definition) is 7. The van der Waals surface area contributed by atoms with E-state index in [0.29, 0.717) is 51.1 Å². The number of rotatable bonds is 7. The molecule has 1 amide bonds. The van der Waals surface area contributed by atoms with Gasteiger partial charge in [-0.1, -0.05) is 26.0 Å². The van der Waals surface area contributed by atoms with Gasteiger partial charge in [0.1, 0.15) is 0 Å². The summed E-state index contributed by atoms with van der Waals surface area (Å²) in [5.41, 5.74) is 2.81. The molecule has 1 aromatic heterocycles. The van der Waals surface area contributed by atoms with E-state index in [1.165, 1.54) is 10.6 Å². The van der Waals surface area contributed by atoms with Crippen molar-refractivity contribution < 1.29 is 29.3 Å². The number of nitrogens with zero attached hydrogens (tertiary/aromatic N) is 2. The number of carbonyl (C=O) groups excluding carboxylic acids is 2. The molecule has 2 aliphatic carbocycles. The predicted octanol–water partition coefficient (Wildman–Crippen LogP) is 6.49. The quantitative estimate of drug-likeness (QED) is 0.218. The van der Waals surface area contributed by atoms with Crippen LogP contribution in [0, 0.1) is 17.7 Å². The lowest BCUT2D eigenvalue weighted by Crippen LogP contribution is -2.11. The third-order valence-corrected chi connectivity index (χ3v) is 6.32. The summed E-state index contributed by atoms with van der Waals surface area (Å²) >= 11 is 0. The molecule has 4 rings (SSSR count). The second kappa shape index (κ2) is 10.3. The molecule has 37 heavy (non-hydrogen) atoms. The van der Waals surface area contributed by atoms with Crippen LogP contribution in [0.4, 0.5) is 4.79 Å². The first-order valence-electron chi connectivity index (χ1n) is 12.0. The van der Waals surface area contributed by atoms with Gasteiger partial charge in [-0.2, -0.15) is 0 Å². The smallest absolute Gasteiger partial charge is 0.494 e. The van der Waals surface area contributed by atoms with Crippen molar-refractivity contribution in [1.29, 1.82) is 0 Å². The van der Waals surface area contributed by atoms with E-state index in [-0.39, 0.29) is 29.7 Å². The van der Waals surface area contributed by atoms with Crippen molar-refractivity contribution >= 4 is 22.8 Å². The number of carbonyl (C=O) groups is 2. The van der Waals surface area contributed by atoms with Gasteiger partial charge in [0.05, 0.1) is 12.3 Å². The molecule has 1 heterocycles. The lowest BCUT2D eigenvalue weighted by Gasteiger charge is -2.13. The largest absolute Gasteiger partial charge is 0.513 e. The molecule has 0 saturated heterocycles. The third kappa shape index (κ3) is 4.60. The molecule has 0 atom stereocenters. The summed E-state index contributed by atoms with van der Waals surface area (Å²) in [6, 6.07) is 11.4. The molecule has 2 aliphatic rings. The van der Waals surface area contributed by atoms with E-state index >= 15 is 0 Å². The molecule has 0 aliphatic heterocycles. The third-order valence-electron chi connectivity index (χ3n) is 6.32. The van der Waals surface area contributed by atoms with Crippen LogP contribution in [0.5, 0.6) is 17.5 Å². The topological polar surface area (TPSA) is 127 Å². The van der Waals surface area contributed by atoms with E-state index in [1.807, 2.05) is 0 Å². The van der Waals surface area contributed by atoms with Crippen LogP contribution in [0.3, 0.4) is 0 Å². The van der Waals surface area contributed by atoms with Gasteiger partial charge in [-0.25, -0.2) is 9.36 Å². The summed E-state index contributed by atoms with van der Waals surface area (Å²) in [4.78, 5) is 35.6. The maximum absolute atomic E-state index is 12.6. The van der Waals surface area contributed by atoms with Crippen LogP contribution >= 0.6 is 0 Å². The number of hydrogen-bond donors (Lipinski definition) is 2. The first-order valence-corrected chi connectivity index (χ1v) is 12.0. The zero-order valence-corrected chi connectivity index (χ0v) is 21.1. The molecular formula is C28H28N2O7. The van der Waals surface area contributed by atoms with Crippen LogP contribution in [0.25, 0.3) is 27.6 Å². The van der Waals surface area contributed by atoms with E-state index in [9.17, 15) is 24.7 Å². The molecule has 0 saturated carbocycles. The number of fused-ring (bicyclic) bond motifs is 2. The molecule has 1 aromatic carbocycles. The van der Waals surface area contributed by atoms with Crippen LogP contribution in [0.1, 0.15) is 48.7 Å². The standard InChI is InChI=1S/C28H28N2O7/c1-5-36-28(34)37-24-21-13-11-17(25(31)29-35)14-16(4)22(21)20(12-10-15(2)3)23(24)30-26(32)18-8-6-7-9-19(18)27(30)33/h6-9,11,13-15,32-33H,5,10,12H2,1-4H3. The first-order chi connectivity index (χ1) is 17.7. The van der Waals surface area contributed by atoms with Gasteiger partial charge in [-0.05, 0) is 79.6 Å². The number of aryl methyl sites for hydroxylation is 1. The molecule has 0 bridgehead atoms. The van der Waals surface area contributed by atoms with Gasteiger partial charge in [0.2, 0.25) is 11.8 Å². The Balaban J connectivity index is 2.14. The highest BCUT2D eigenvalue weighted by Crippen LogP contribution is 2.51. The van der Waals surface area contributed by atoms with Gasteiger partial charge in [0, 0.05) is 27.1 Å². The van der Waals surface area contributed by atoms with Crippen molar-refractivity contribution in [3.63, 3.8) is 0 Å². The molecule has 0 radical (unpaired) electrons. The SMILES string of the molecule is CCOC(=O)Oc1c2ccc(C(=O)N=O)cc(C)c-2c(CCC(C)C)c1-n1c(O)c2ccccc2c1O. The summed E-state index contributed by atoms with van der Waals surface area (Å²) in [5, 5.41) is 25.8. The Morgan fingerprint density at radius 3 is 2.27 bits per heavy atom. The molecule has 9 heteroatoms. The zero-order chi connectivity index (χ0) is 26.9. The Labute approximate surface area is 213 Å². The van der Waals surface area contributed by atoms with E-state index in [2.05, 4.69) is 19.0 Å². The molecule has 2 N–H and O–H groups in total. The van der Waals surface area contributed by atoms with Crippen LogP contribution in [-0.4, -0.2) is 33.4 Å². The summed E-state index contributed by atoms with van der Waals surface area (Å²) in [6.07, 6.45) is 0.285. The number of nitroso groups, excluding NO2 is 1. The van der Waals surface area contributed by atoms with Gasteiger partial charge in [0.25, 0.3) is 0 Å². The highest BCUT2D eigenvalue weighted by atomic mass is 16.7. The van der Waals surface area contributed by atoms with E-state index in [0.717, 1.165) is 6.42 Å². The second-order valence-corrected chi connectivity index (χ2v) is 9.20. The Morgan fingerprint density at radius 1 is 1.05 bits per heavy atom. The maximum Gasteiger partial charge on any atom is 0.513 e. The van der Waals surface area contributed by atoms with Gasteiger partial charge in [-0.3, -0.25) is 4.79 Å². The first kappa shape index (κ1) is 25.7. The van der Waals surface area contributed by atoms with Crippen LogP contribution in [0.2, 0.25) is 0 Å². The van der Waals surface area contributed by atoms with Crippen LogP contribution in [-0.2, 0) is 11.2 Å². The average molecular weight is 505 g/mol. The second-order valence-electron chi connectivity index (χ2n) is 9.20. The summed E-state index contributed by atoms with van der Waals surface area (Å²) in [5.74, 6) is -0.997. The van der Waals surface area contributed by atoms with Gasteiger partial charge < -0.3 is 19.7 Å². The zero-order valence-electron chi connectivity index (χ0n) is 21.1. The molecule has 0 spiro atoms. The van der Waals surface area contributed by atoms with Crippen molar-refractivity contribution in [3.8, 4) is 34.3 Å². The van der Waals surface area contributed by atoms with E-state index in [4.69, 9.17) is 9.47 Å². The Morgan fingerprint density at radius 2 is 1.70 bits per heavy atom. The fraction of sp³-hybridized carbons (Fsp3) is 0.286. The van der Waals surface area contributed by atoms with Gasteiger partial charge in [-0.15, -0.1) is 4.91 Å². The average Bonchev–Trinajstić information content (AvgIpc) is 3.21. The highest BCUT2D eigenvalue weighted by molar-refractivity contribution is 5.99. The fourth-order valence-corrected chi connectivity index (χ4v) is 4.65. The number of ether oxygens (including phenoxy) is 2. The summed E-state index contributed by atoms with van der Waals surface area (Å²) in [7, 11) is 0. The molecule has 192 valence electrons. The predicted molar refractivity (Wildman–Crippen MR) is 139 cm³/mol. The number of benzene rings is 1. The van der Waals surface area contributed by atoms with E-state index in [1.54, 1.807) is 50.2 Å². The van der Waals surface area contributed by atoms with Crippen molar-refractivity contribution in [3.05, 3.63) is 64.1 Å². The number of aromatic hydroxyl groups is 2. The normalized spacial score (nSPS) is 11.3. The monoisotopic (exact) mass is 504 g/mol. The van der Waals surface area contributed by atoms with E-state index < -0.39 is 12.1 Å². The Hall–Kier alpha value is -4.40. The molecular weight excluding hydrogens is 476 g/mol. The van der Waals surface area contributed by atoms with Gasteiger partial charge in [0.15, 0.2) is 5.75 Å². The Bertz CT molecular complexity index is 1450. The Kier molecular flexibility index (Phi) is 7.15. The van der Waals surface area contributed by atoms with Crippen LogP contribution < -0.4 is 4.74 Å². The summed E-state index contributed by atoms with van der Waals surface area (Å²) in [6.45, 7) is 7.63. The molecule has 0 unspecified atom stereocenters. The van der Waals surface area contributed by atoms with Crippen molar-refractivity contribution in [1.82, 2.24) is 4.57 Å². The minimum absolute atomic E-state index is 0.0508. The highest BCUT2D eigenvalue weighted by Gasteiger charge is 2.32. The van der Waals surface area contributed by atoms with Gasteiger partial charge >= 0.3 is 12.1 Å². The molecule has 2 aromatic rings. The molecule has 9 nitrogen and oxygen atoms in total. The summed E-state index contributed by atoms with van der Waals surface area (Å²) < 4.78 is 12.0. The molecule has 0 fully saturated rings. The minimum Gasteiger partial charge on any atom is -0.494 e. The lowest BCUT2D eigenvalue weighted by atomic mass is 9.97. The van der Waals surface area contributed by atoms with Crippen LogP contribution in [0.15, 0.2) is 47.6 Å². The maximum atomic E-state index is 12.6. The number of aromatic nitrogens is 1. The van der Waals surface area contributed by atoms with Crippen molar-refractivity contribution in [2.24, 2.45) is 11.1 Å². The lowest BCUT2D eigenvalue weighted by molar-refractivity contribution is 0.0998.